The fraction of sp³-hybridized carbons (Fsp3) is 0.550. The van der Waals surface area contributed by atoms with E-state index in [4.69, 9.17) is 0 Å². The Kier molecular flexibility index (Phi) is 4.78. The Hall–Kier alpha value is -2.03. The third kappa shape index (κ3) is 3.52. The monoisotopic (exact) mass is 399 g/mol. The number of piperazine rings is 1. The van der Waals surface area contributed by atoms with Gasteiger partial charge in [-0.2, -0.15) is 0 Å². The SMILES string of the molecule is O=C1CN(Cc2ccc3n(c2=O)C[C@H]2C[C@@H]3CN(Cc3nccs3)C2)CCN1. The molecule has 2 atom stereocenters. The van der Waals surface area contributed by atoms with Crippen molar-refractivity contribution in [2.24, 2.45) is 5.92 Å². The molecule has 148 valence electrons. The molecule has 2 aromatic rings. The Morgan fingerprint density at radius 3 is 2.89 bits per heavy atom. The maximum absolute atomic E-state index is 13.2. The molecule has 5 heterocycles. The molecule has 0 radical (unpaired) electrons. The van der Waals surface area contributed by atoms with Crippen molar-refractivity contribution in [2.45, 2.75) is 32.0 Å². The van der Waals surface area contributed by atoms with E-state index in [1.165, 1.54) is 17.1 Å². The van der Waals surface area contributed by atoms with E-state index in [2.05, 4.69) is 26.2 Å². The number of rotatable bonds is 4. The third-order valence-electron chi connectivity index (χ3n) is 6.11. The highest BCUT2D eigenvalue weighted by Gasteiger charge is 2.35. The fourth-order valence-electron chi connectivity index (χ4n) is 4.93. The topological polar surface area (TPSA) is 70.5 Å². The Morgan fingerprint density at radius 1 is 1.14 bits per heavy atom. The zero-order valence-corrected chi connectivity index (χ0v) is 16.7. The second-order valence-electron chi connectivity index (χ2n) is 8.18. The average molecular weight is 400 g/mol. The van der Waals surface area contributed by atoms with Crippen LogP contribution >= 0.6 is 11.3 Å². The Bertz CT molecular complexity index is 925. The summed E-state index contributed by atoms with van der Waals surface area (Å²) in [5.41, 5.74) is 2.11. The number of aromatic nitrogens is 2. The number of likely N-dealkylation sites (tertiary alicyclic amines) is 1. The molecule has 8 heteroatoms. The molecule has 2 bridgehead atoms. The average Bonchev–Trinajstić information content (AvgIpc) is 3.17. The Labute approximate surface area is 168 Å². The van der Waals surface area contributed by atoms with Gasteiger partial charge in [-0.05, 0) is 18.4 Å². The predicted octanol–water partition coefficient (Wildman–Crippen LogP) is 0.856. The van der Waals surface area contributed by atoms with Crippen molar-refractivity contribution in [2.75, 3.05) is 32.7 Å². The number of pyridine rings is 1. The molecule has 3 aliphatic rings. The maximum atomic E-state index is 13.2. The lowest BCUT2D eigenvalue weighted by atomic mass is 9.83. The van der Waals surface area contributed by atoms with Gasteiger partial charge in [0, 0.05) is 68.0 Å². The summed E-state index contributed by atoms with van der Waals surface area (Å²) in [6, 6.07) is 4.13. The molecule has 0 aliphatic carbocycles. The molecular weight excluding hydrogens is 374 g/mol. The fourth-order valence-corrected chi connectivity index (χ4v) is 5.59. The van der Waals surface area contributed by atoms with Gasteiger partial charge in [-0.15, -0.1) is 11.3 Å². The van der Waals surface area contributed by atoms with E-state index < -0.39 is 0 Å². The lowest BCUT2D eigenvalue weighted by Crippen LogP contribution is -2.49. The van der Waals surface area contributed by atoms with Crippen LogP contribution in [0.4, 0.5) is 0 Å². The van der Waals surface area contributed by atoms with Gasteiger partial charge in [-0.25, -0.2) is 4.98 Å². The number of amides is 1. The van der Waals surface area contributed by atoms with E-state index in [0.717, 1.165) is 38.3 Å². The van der Waals surface area contributed by atoms with Crippen LogP contribution in [0.3, 0.4) is 0 Å². The lowest BCUT2D eigenvalue weighted by molar-refractivity contribution is -0.124. The number of carbonyl (C=O) groups is 1. The normalized spacial score (nSPS) is 25.4. The first-order valence-electron chi connectivity index (χ1n) is 9.98. The molecule has 0 unspecified atom stereocenters. The van der Waals surface area contributed by atoms with Crippen LogP contribution in [0.5, 0.6) is 0 Å². The van der Waals surface area contributed by atoms with Crippen LogP contribution in [0.15, 0.2) is 28.5 Å². The number of piperidine rings is 1. The van der Waals surface area contributed by atoms with Gasteiger partial charge < -0.3 is 9.88 Å². The molecule has 0 saturated carbocycles. The van der Waals surface area contributed by atoms with Crippen LogP contribution in [0, 0.1) is 5.92 Å². The molecule has 7 nitrogen and oxygen atoms in total. The summed E-state index contributed by atoms with van der Waals surface area (Å²) in [7, 11) is 0. The van der Waals surface area contributed by atoms with Crippen molar-refractivity contribution < 1.29 is 4.79 Å². The maximum Gasteiger partial charge on any atom is 0.255 e. The van der Waals surface area contributed by atoms with E-state index in [-0.39, 0.29) is 11.5 Å². The number of hydrogen-bond acceptors (Lipinski definition) is 6. The predicted molar refractivity (Wildman–Crippen MR) is 107 cm³/mol. The van der Waals surface area contributed by atoms with E-state index in [0.29, 0.717) is 31.5 Å². The number of nitrogens with one attached hydrogen (secondary N) is 1. The molecule has 1 amide bonds. The van der Waals surface area contributed by atoms with Gasteiger partial charge >= 0.3 is 0 Å². The summed E-state index contributed by atoms with van der Waals surface area (Å²) in [6.07, 6.45) is 3.03. The molecule has 5 rings (SSSR count). The summed E-state index contributed by atoms with van der Waals surface area (Å²) in [5, 5.41) is 6.03. The van der Waals surface area contributed by atoms with Crippen LogP contribution in [-0.4, -0.2) is 58.0 Å². The summed E-state index contributed by atoms with van der Waals surface area (Å²) in [6.45, 7) is 6.10. The molecule has 3 aliphatic heterocycles. The van der Waals surface area contributed by atoms with Crippen molar-refractivity contribution in [3.05, 3.63) is 50.3 Å². The highest BCUT2D eigenvalue weighted by molar-refractivity contribution is 7.09. The van der Waals surface area contributed by atoms with E-state index in [9.17, 15) is 9.59 Å². The van der Waals surface area contributed by atoms with Crippen molar-refractivity contribution in [1.29, 1.82) is 0 Å². The highest BCUT2D eigenvalue weighted by atomic mass is 32.1. The lowest BCUT2D eigenvalue weighted by Gasteiger charge is -2.42. The number of hydrogen-bond donors (Lipinski definition) is 1. The van der Waals surface area contributed by atoms with Gasteiger partial charge in [0.25, 0.3) is 5.56 Å². The number of carbonyl (C=O) groups excluding carboxylic acids is 1. The molecule has 28 heavy (non-hydrogen) atoms. The van der Waals surface area contributed by atoms with Crippen LogP contribution in [-0.2, 0) is 24.4 Å². The van der Waals surface area contributed by atoms with E-state index in [1.54, 1.807) is 11.3 Å². The van der Waals surface area contributed by atoms with Gasteiger partial charge in [-0.1, -0.05) is 6.07 Å². The first kappa shape index (κ1) is 18.0. The second-order valence-corrected chi connectivity index (χ2v) is 9.16. The van der Waals surface area contributed by atoms with Crippen LogP contribution in [0.1, 0.15) is 28.6 Å². The van der Waals surface area contributed by atoms with Gasteiger partial charge in [0.15, 0.2) is 0 Å². The zero-order valence-electron chi connectivity index (χ0n) is 15.8. The minimum atomic E-state index is 0.0409. The van der Waals surface area contributed by atoms with Gasteiger partial charge in [0.1, 0.15) is 5.01 Å². The first-order valence-corrected chi connectivity index (χ1v) is 10.9. The van der Waals surface area contributed by atoms with Crippen LogP contribution in [0.25, 0.3) is 0 Å². The van der Waals surface area contributed by atoms with Crippen molar-refractivity contribution in [3.8, 4) is 0 Å². The van der Waals surface area contributed by atoms with Gasteiger partial charge in [-0.3, -0.25) is 19.4 Å². The van der Waals surface area contributed by atoms with Gasteiger partial charge in [0.05, 0.1) is 13.1 Å². The summed E-state index contributed by atoms with van der Waals surface area (Å²) < 4.78 is 2.01. The Balaban J connectivity index is 1.35. The third-order valence-corrected chi connectivity index (χ3v) is 6.88. The minimum absolute atomic E-state index is 0.0409. The molecule has 0 aromatic carbocycles. The minimum Gasteiger partial charge on any atom is -0.354 e. The summed E-state index contributed by atoms with van der Waals surface area (Å²) in [4.78, 5) is 33.7. The molecule has 1 N–H and O–H groups in total. The standard InChI is InChI=1S/C20H25N5O2S/c26-18-12-23(5-3-21-18)10-15-1-2-17-16-7-14(9-25(17)20(15)27)8-24(11-16)13-19-22-4-6-28-19/h1-2,4,6,14,16H,3,5,7-13H2,(H,21,26)/t14-,16+/m0/s1. The van der Waals surface area contributed by atoms with Gasteiger partial charge in [0.2, 0.25) is 5.91 Å². The van der Waals surface area contributed by atoms with Crippen molar-refractivity contribution in [3.63, 3.8) is 0 Å². The molecular formula is C20H25N5O2S. The molecule has 2 saturated heterocycles. The quantitative estimate of drug-likeness (QED) is 0.826. The van der Waals surface area contributed by atoms with Crippen molar-refractivity contribution in [1.82, 2.24) is 24.7 Å². The van der Waals surface area contributed by atoms with E-state index >= 15 is 0 Å². The number of nitrogens with zero attached hydrogens (tertiary/aromatic N) is 4. The largest absolute Gasteiger partial charge is 0.354 e. The number of fused-ring (bicyclic) bond motifs is 4. The smallest absolute Gasteiger partial charge is 0.255 e. The van der Waals surface area contributed by atoms with Crippen LogP contribution in [0.2, 0.25) is 0 Å². The van der Waals surface area contributed by atoms with E-state index in [1.807, 2.05) is 22.2 Å². The molecule has 2 aromatic heterocycles. The molecule has 0 spiro atoms. The van der Waals surface area contributed by atoms with Crippen molar-refractivity contribution >= 4 is 17.2 Å². The molecule has 2 fully saturated rings. The highest BCUT2D eigenvalue weighted by Crippen LogP contribution is 2.35. The second kappa shape index (κ2) is 7.42. The zero-order chi connectivity index (χ0) is 19.1. The number of thiazole rings is 1. The summed E-state index contributed by atoms with van der Waals surface area (Å²) in [5.74, 6) is 0.967. The summed E-state index contributed by atoms with van der Waals surface area (Å²) >= 11 is 1.71. The first-order chi connectivity index (χ1) is 13.7. The Morgan fingerprint density at radius 2 is 2.07 bits per heavy atom. The van der Waals surface area contributed by atoms with Crippen LogP contribution < -0.4 is 10.9 Å².